The van der Waals surface area contributed by atoms with Gasteiger partial charge in [-0.25, -0.2) is 0 Å². The van der Waals surface area contributed by atoms with Gasteiger partial charge in [-0.3, -0.25) is 9.80 Å². The molecule has 0 amide bonds. The Morgan fingerprint density at radius 3 is 2.30 bits per heavy atom. The molecule has 1 saturated heterocycles. The third kappa shape index (κ3) is 8.57. The van der Waals surface area contributed by atoms with Crippen molar-refractivity contribution in [1.82, 2.24) is 9.80 Å². The molecule has 1 heterocycles. The second-order valence-electron chi connectivity index (χ2n) is 5.44. The molecule has 1 aliphatic rings. The van der Waals surface area contributed by atoms with Crippen LogP contribution in [0.3, 0.4) is 0 Å². The van der Waals surface area contributed by atoms with Crippen LogP contribution in [0.4, 0.5) is 0 Å². The van der Waals surface area contributed by atoms with Gasteiger partial charge in [0.15, 0.2) is 0 Å². The Morgan fingerprint density at radius 1 is 1.09 bits per heavy atom. The van der Waals surface area contributed by atoms with E-state index in [1.807, 2.05) is 6.07 Å². The predicted octanol–water partition coefficient (Wildman–Crippen LogP) is 1.66. The van der Waals surface area contributed by atoms with Gasteiger partial charge in [0.25, 0.3) is 0 Å². The van der Waals surface area contributed by atoms with E-state index < -0.39 is 6.10 Å². The highest BCUT2D eigenvalue weighted by Gasteiger charge is 2.19. The average Bonchev–Trinajstić information content (AvgIpc) is 2.51. The van der Waals surface area contributed by atoms with Crippen molar-refractivity contribution < 1.29 is 9.84 Å². The first-order valence-electron chi connectivity index (χ1n) is 7.46. The van der Waals surface area contributed by atoms with E-state index in [1.54, 1.807) is 0 Å². The summed E-state index contributed by atoms with van der Waals surface area (Å²) in [5, 5.41) is 9.88. The standard InChI is InChI=1S/C17H24N2O2.2ClH/c1-2-12-21-15-17(20)14-19-10-8-18(9-11-19)13-16-6-4-3-5-7-16;;/h1,3-7,17,20H,8-15H2;2*1H. The molecule has 130 valence electrons. The number of piperazine rings is 1. The molecular weight excluding hydrogens is 335 g/mol. The molecule has 0 aliphatic carbocycles. The zero-order valence-electron chi connectivity index (χ0n) is 13.3. The van der Waals surface area contributed by atoms with Gasteiger partial charge in [0, 0.05) is 39.3 Å². The van der Waals surface area contributed by atoms with Gasteiger partial charge >= 0.3 is 0 Å². The van der Waals surface area contributed by atoms with Gasteiger partial charge in [-0.15, -0.1) is 31.2 Å². The fraction of sp³-hybridized carbons (Fsp3) is 0.529. The van der Waals surface area contributed by atoms with E-state index in [4.69, 9.17) is 11.2 Å². The second kappa shape index (κ2) is 12.6. The fourth-order valence-electron chi connectivity index (χ4n) is 2.58. The molecule has 1 N–H and O–H groups in total. The van der Waals surface area contributed by atoms with E-state index in [2.05, 4.69) is 40.0 Å². The Bertz CT molecular complexity index is 446. The fourth-order valence-corrected chi connectivity index (χ4v) is 2.58. The smallest absolute Gasteiger partial charge is 0.107 e. The Labute approximate surface area is 151 Å². The molecule has 1 fully saturated rings. The van der Waals surface area contributed by atoms with Gasteiger partial charge in [-0.2, -0.15) is 0 Å². The van der Waals surface area contributed by atoms with Gasteiger partial charge < -0.3 is 9.84 Å². The number of hydrogen-bond donors (Lipinski definition) is 1. The number of nitrogens with zero attached hydrogens (tertiary/aromatic N) is 2. The number of β-amino-alcohol motifs (C(OH)–C–C–N with tert-alkyl or cyclic N) is 1. The van der Waals surface area contributed by atoms with Crippen LogP contribution in [0.1, 0.15) is 5.56 Å². The molecule has 1 aromatic rings. The third-order valence-corrected chi connectivity index (χ3v) is 3.68. The second-order valence-corrected chi connectivity index (χ2v) is 5.44. The number of benzene rings is 1. The first-order chi connectivity index (χ1) is 10.3. The molecule has 23 heavy (non-hydrogen) atoms. The van der Waals surface area contributed by atoms with Crippen molar-refractivity contribution in [2.45, 2.75) is 12.6 Å². The molecule has 0 radical (unpaired) electrons. The summed E-state index contributed by atoms with van der Waals surface area (Å²) in [7, 11) is 0. The van der Waals surface area contributed by atoms with Crippen molar-refractivity contribution in [3.8, 4) is 12.3 Å². The maximum absolute atomic E-state index is 9.88. The van der Waals surface area contributed by atoms with Crippen LogP contribution < -0.4 is 0 Å². The highest BCUT2D eigenvalue weighted by atomic mass is 35.5. The van der Waals surface area contributed by atoms with Gasteiger partial charge in [-0.05, 0) is 5.56 Å². The van der Waals surface area contributed by atoms with E-state index in [-0.39, 0.29) is 31.4 Å². The highest BCUT2D eigenvalue weighted by Crippen LogP contribution is 2.08. The van der Waals surface area contributed by atoms with E-state index in [0.717, 1.165) is 32.7 Å². The maximum Gasteiger partial charge on any atom is 0.107 e. The number of rotatable bonds is 7. The van der Waals surface area contributed by atoms with Crippen LogP contribution in [-0.2, 0) is 11.3 Å². The summed E-state index contributed by atoms with van der Waals surface area (Å²) in [4.78, 5) is 4.73. The van der Waals surface area contributed by atoms with Crippen LogP contribution >= 0.6 is 24.8 Å². The number of halogens is 2. The summed E-state index contributed by atoms with van der Waals surface area (Å²) in [5.41, 5.74) is 1.36. The summed E-state index contributed by atoms with van der Waals surface area (Å²) in [6.07, 6.45) is 4.65. The number of hydrogen-bond acceptors (Lipinski definition) is 4. The molecule has 0 spiro atoms. The van der Waals surface area contributed by atoms with Crippen molar-refractivity contribution in [2.75, 3.05) is 45.9 Å². The van der Waals surface area contributed by atoms with Gasteiger partial charge in [0.2, 0.25) is 0 Å². The van der Waals surface area contributed by atoms with E-state index in [0.29, 0.717) is 13.2 Å². The topological polar surface area (TPSA) is 35.9 Å². The molecule has 1 atom stereocenters. The zero-order chi connectivity index (χ0) is 14.9. The molecule has 0 aromatic heterocycles. The summed E-state index contributed by atoms with van der Waals surface area (Å²) in [5.74, 6) is 2.40. The lowest BCUT2D eigenvalue weighted by Crippen LogP contribution is -2.48. The van der Waals surface area contributed by atoms with Crippen LogP contribution in [-0.4, -0.2) is 66.9 Å². The van der Waals surface area contributed by atoms with Crippen molar-refractivity contribution in [3.05, 3.63) is 35.9 Å². The van der Waals surface area contributed by atoms with E-state index >= 15 is 0 Å². The minimum absolute atomic E-state index is 0. The quantitative estimate of drug-likeness (QED) is 0.592. The van der Waals surface area contributed by atoms with Crippen LogP contribution in [0.2, 0.25) is 0 Å². The Hall–Kier alpha value is -0.800. The first kappa shape index (κ1) is 22.2. The summed E-state index contributed by atoms with van der Waals surface area (Å²) in [6.45, 7) is 6.28. The van der Waals surface area contributed by atoms with Crippen molar-refractivity contribution in [1.29, 1.82) is 0 Å². The Morgan fingerprint density at radius 2 is 1.70 bits per heavy atom. The van der Waals surface area contributed by atoms with E-state index in [9.17, 15) is 5.11 Å². The van der Waals surface area contributed by atoms with Crippen molar-refractivity contribution >= 4 is 24.8 Å². The Kier molecular flexibility index (Phi) is 12.2. The van der Waals surface area contributed by atoms with Crippen LogP contribution in [0.25, 0.3) is 0 Å². The molecule has 2 rings (SSSR count). The summed E-state index contributed by atoms with van der Waals surface area (Å²) >= 11 is 0. The van der Waals surface area contributed by atoms with Gasteiger partial charge in [0.1, 0.15) is 6.61 Å². The molecule has 1 unspecified atom stereocenters. The van der Waals surface area contributed by atoms with Gasteiger partial charge in [-0.1, -0.05) is 36.3 Å². The largest absolute Gasteiger partial charge is 0.389 e. The first-order valence-corrected chi connectivity index (χ1v) is 7.46. The lowest BCUT2D eigenvalue weighted by atomic mass is 10.2. The number of aliphatic hydroxyl groups is 1. The van der Waals surface area contributed by atoms with Crippen LogP contribution in [0.5, 0.6) is 0 Å². The lowest BCUT2D eigenvalue weighted by molar-refractivity contribution is 0.0154. The average molecular weight is 361 g/mol. The molecule has 0 bridgehead atoms. The maximum atomic E-state index is 9.88. The minimum Gasteiger partial charge on any atom is -0.389 e. The predicted molar refractivity (Wildman–Crippen MR) is 98.3 cm³/mol. The SMILES string of the molecule is C#CCOCC(O)CN1CCN(Cc2ccccc2)CC1.Cl.Cl. The molecule has 0 saturated carbocycles. The summed E-state index contributed by atoms with van der Waals surface area (Å²) < 4.78 is 5.16. The molecule has 4 nitrogen and oxygen atoms in total. The lowest BCUT2D eigenvalue weighted by Gasteiger charge is -2.35. The minimum atomic E-state index is -0.459. The molecule has 1 aromatic carbocycles. The third-order valence-electron chi connectivity index (χ3n) is 3.68. The molecule has 6 heteroatoms. The molecule has 1 aliphatic heterocycles. The van der Waals surface area contributed by atoms with Gasteiger partial charge in [0.05, 0.1) is 12.7 Å². The Balaban J connectivity index is 0.00000242. The number of ether oxygens (including phenoxy) is 1. The number of terminal acetylenes is 1. The van der Waals surface area contributed by atoms with Crippen molar-refractivity contribution in [3.63, 3.8) is 0 Å². The summed E-state index contributed by atoms with van der Waals surface area (Å²) in [6, 6.07) is 10.5. The monoisotopic (exact) mass is 360 g/mol. The molecular formula is C17H26Cl2N2O2. The van der Waals surface area contributed by atoms with E-state index in [1.165, 1.54) is 5.56 Å². The number of aliphatic hydroxyl groups excluding tert-OH is 1. The highest BCUT2D eigenvalue weighted by molar-refractivity contribution is 5.85. The zero-order valence-corrected chi connectivity index (χ0v) is 14.9. The van der Waals surface area contributed by atoms with Crippen molar-refractivity contribution in [2.24, 2.45) is 0 Å². The van der Waals surface area contributed by atoms with Crippen LogP contribution in [0.15, 0.2) is 30.3 Å². The normalized spacial score (nSPS) is 16.7. The van der Waals surface area contributed by atoms with Crippen LogP contribution in [0, 0.1) is 12.3 Å².